The zero-order chi connectivity index (χ0) is 14.9. The quantitative estimate of drug-likeness (QED) is 0.716. The van der Waals surface area contributed by atoms with Crippen molar-refractivity contribution in [3.05, 3.63) is 35.9 Å². The number of benzene rings is 1. The molecule has 1 aromatic rings. The summed E-state index contributed by atoms with van der Waals surface area (Å²) in [6, 6.07) is 10.2. The second-order valence-corrected chi connectivity index (χ2v) is 5.32. The van der Waals surface area contributed by atoms with E-state index in [1.807, 2.05) is 23.1 Å². The molecule has 5 nitrogen and oxygen atoms in total. The third kappa shape index (κ3) is 5.46. The van der Waals surface area contributed by atoms with Crippen molar-refractivity contribution in [2.75, 3.05) is 39.5 Å². The number of morpholine rings is 1. The first kappa shape index (κ1) is 15.9. The lowest BCUT2D eigenvalue weighted by Crippen LogP contribution is -2.51. The van der Waals surface area contributed by atoms with Crippen LogP contribution in [0.2, 0.25) is 0 Å². The van der Waals surface area contributed by atoms with Crippen LogP contribution in [0, 0.1) is 0 Å². The number of carbonyl (C=O) groups is 1. The fourth-order valence-electron chi connectivity index (χ4n) is 2.47. The molecule has 116 valence electrons. The first-order valence-corrected chi connectivity index (χ1v) is 7.53. The van der Waals surface area contributed by atoms with Crippen molar-refractivity contribution in [1.82, 2.24) is 10.2 Å². The van der Waals surface area contributed by atoms with Crippen LogP contribution in [0.5, 0.6) is 0 Å². The molecule has 1 fully saturated rings. The highest BCUT2D eigenvalue weighted by Crippen LogP contribution is 2.05. The van der Waals surface area contributed by atoms with Crippen LogP contribution in [-0.4, -0.2) is 61.4 Å². The highest BCUT2D eigenvalue weighted by atomic mass is 16.5. The molecule has 1 aliphatic rings. The van der Waals surface area contributed by atoms with Gasteiger partial charge >= 0.3 is 0 Å². The van der Waals surface area contributed by atoms with Gasteiger partial charge in [-0.05, 0) is 18.4 Å². The van der Waals surface area contributed by atoms with Crippen molar-refractivity contribution < 1.29 is 14.6 Å². The van der Waals surface area contributed by atoms with Crippen LogP contribution in [-0.2, 0) is 16.0 Å². The maximum absolute atomic E-state index is 11.9. The number of aryl methyl sites for hydroxylation is 1. The summed E-state index contributed by atoms with van der Waals surface area (Å²) >= 11 is 0. The van der Waals surface area contributed by atoms with Crippen LogP contribution in [0.25, 0.3) is 0 Å². The third-order valence-electron chi connectivity index (χ3n) is 3.71. The van der Waals surface area contributed by atoms with Crippen molar-refractivity contribution in [2.45, 2.75) is 18.9 Å². The number of aliphatic hydroxyl groups is 1. The number of nitrogens with one attached hydrogen (secondary N) is 1. The van der Waals surface area contributed by atoms with E-state index in [0.29, 0.717) is 32.8 Å². The lowest BCUT2D eigenvalue weighted by Gasteiger charge is -2.33. The minimum absolute atomic E-state index is 0.0170. The highest BCUT2D eigenvalue weighted by Gasteiger charge is 2.23. The first-order valence-electron chi connectivity index (χ1n) is 7.53. The summed E-state index contributed by atoms with van der Waals surface area (Å²) in [6.45, 7) is 2.86. The summed E-state index contributed by atoms with van der Waals surface area (Å²) in [7, 11) is 0. The minimum Gasteiger partial charge on any atom is -0.395 e. The van der Waals surface area contributed by atoms with Gasteiger partial charge in [0.05, 0.1) is 32.4 Å². The average molecular weight is 292 g/mol. The van der Waals surface area contributed by atoms with Crippen molar-refractivity contribution in [2.24, 2.45) is 0 Å². The Labute approximate surface area is 125 Å². The topological polar surface area (TPSA) is 61.8 Å². The molecule has 1 heterocycles. The van der Waals surface area contributed by atoms with Gasteiger partial charge in [-0.1, -0.05) is 30.3 Å². The SMILES string of the molecule is O=C(CN1CCOCC1CO)NCCCc1ccccc1. The van der Waals surface area contributed by atoms with Gasteiger partial charge in [0.1, 0.15) is 0 Å². The Kier molecular flexibility index (Phi) is 6.66. The van der Waals surface area contributed by atoms with Crippen molar-refractivity contribution >= 4 is 5.91 Å². The Hall–Kier alpha value is -1.43. The van der Waals surface area contributed by atoms with E-state index >= 15 is 0 Å². The number of hydrogen-bond donors (Lipinski definition) is 2. The van der Waals surface area contributed by atoms with Crippen molar-refractivity contribution in [3.8, 4) is 0 Å². The Bertz CT molecular complexity index is 425. The number of carbonyl (C=O) groups excluding carboxylic acids is 1. The fourth-order valence-corrected chi connectivity index (χ4v) is 2.47. The van der Waals surface area contributed by atoms with Gasteiger partial charge in [-0.25, -0.2) is 0 Å². The fraction of sp³-hybridized carbons (Fsp3) is 0.562. The summed E-state index contributed by atoms with van der Waals surface area (Å²) in [5.74, 6) is 0.0170. The van der Waals surface area contributed by atoms with Gasteiger partial charge in [-0.3, -0.25) is 9.69 Å². The Morgan fingerprint density at radius 3 is 2.95 bits per heavy atom. The maximum atomic E-state index is 11.9. The predicted molar refractivity (Wildman–Crippen MR) is 81.0 cm³/mol. The van der Waals surface area contributed by atoms with Crippen LogP contribution in [0.4, 0.5) is 0 Å². The van der Waals surface area contributed by atoms with E-state index in [1.54, 1.807) is 0 Å². The molecule has 21 heavy (non-hydrogen) atoms. The maximum Gasteiger partial charge on any atom is 0.234 e. The number of nitrogens with zero attached hydrogens (tertiary/aromatic N) is 1. The van der Waals surface area contributed by atoms with Crippen LogP contribution in [0.3, 0.4) is 0 Å². The van der Waals surface area contributed by atoms with Crippen LogP contribution in [0.15, 0.2) is 30.3 Å². The standard InChI is InChI=1S/C16H24N2O3/c19-12-15-13-21-10-9-18(15)11-16(20)17-8-4-7-14-5-2-1-3-6-14/h1-3,5-6,15,19H,4,7-13H2,(H,17,20). The molecule has 0 aliphatic carbocycles. The molecule has 0 saturated carbocycles. The smallest absolute Gasteiger partial charge is 0.234 e. The van der Waals surface area contributed by atoms with Crippen LogP contribution in [0.1, 0.15) is 12.0 Å². The van der Waals surface area contributed by atoms with Crippen LogP contribution >= 0.6 is 0 Å². The number of aliphatic hydroxyl groups excluding tert-OH is 1. The molecular weight excluding hydrogens is 268 g/mol. The van der Waals surface area contributed by atoms with E-state index < -0.39 is 0 Å². The van der Waals surface area contributed by atoms with Gasteiger partial charge in [0.2, 0.25) is 5.91 Å². The van der Waals surface area contributed by atoms with Gasteiger partial charge < -0.3 is 15.2 Å². The van der Waals surface area contributed by atoms with E-state index in [2.05, 4.69) is 17.4 Å². The van der Waals surface area contributed by atoms with Gasteiger partial charge in [0, 0.05) is 13.1 Å². The second kappa shape index (κ2) is 8.77. The van der Waals surface area contributed by atoms with E-state index in [4.69, 9.17) is 4.74 Å². The van der Waals surface area contributed by atoms with E-state index in [9.17, 15) is 9.90 Å². The Balaban J connectivity index is 1.63. The molecule has 1 aliphatic heterocycles. The number of hydrogen-bond acceptors (Lipinski definition) is 4. The normalized spacial score (nSPS) is 19.4. The number of rotatable bonds is 7. The zero-order valence-corrected chi connectivity index (χ0v) is 12.3. The number of amides is 1. The Morgan fingerprint density at radius 1 is 1.38 bits per heavy atom. The molecule has 0 bridgehead atoms. The van der Waals surface area contributed by atoms with Gasteiger partial charge in [-0.2, -0.15) is 0 Å². The van der Waals surface area contributed by atoms with Crippen molar-refractivity contribution in [1.29, 1.82) is 0 Å². The summed E-state index contributed by atoms with van der Waals surface area (Å²) in [4.78, 5) is 13.9. The lowest BCUT2D eigenvalue weighted by atomic mass is 10.1. The summed E-state index contributed by atoms with van der Waals surface area (Å²) < 4.78 is 5.30. The van der Waals surface area contributed by atoms with E-state index in [0.717, 1.165) is 12.8 Å². The first-order chi connectivity index (χ1) is 10.3. The van der Waals surface area contributed by atoms with E-state index in [-0.39, 0.29) is 18.6 Å². The van der Waals surface area contributed by atoms with Gasteiger partial charge in [0.25, 0.3) is 0 Å². The predicted octanol–water partition coefficient (Wildman–Crippen LogP) is 0.429. The highest BCUT2D eigenvalue weighted by molar-refractivity contribution is 5.78. The molecule has 2 N–H and O–H groups in total. The third-order valence-corrected chi connectivity index (χ3v) is 3.71. The molecule has 0 spiro atoms. The largest absolute Gasteiger partial charge is 0.395 e. The lowest BCUT2D eigenvalue weighted by molar-refractivity contribution is -0.125. The van der Waals surface area contributed by atoms with Crippen molar-refractivity contribution in [3.63, 3.8) is 0 Å². The zero-order valence-electron chi connectivity index (χ0n) is 12.3. The molecule has 1 amide bonds. The molecule has 0 aromatic heterocycles. The summed E-state index contributed by atoms with van der Waals surface area (Å²) in [5.41, 5.74) is 1.29. The average Bonchev–Trinajstić information content (AvgIpc) is 2.53. The molecule has 0 radical (unpaired) electrons. The summed E-state index contributed by atoms with van der Waals surface area (Å²) in [5, 5.41) is 12.2. The van der Waals surface area contributed by atoms with E-state index in [1.165, 1.54) is 5.56 Å². The molecule has 2 rings (SSSR count). The Morgan fingerprint density at radius 2 is 2.19 bits per heavy atom. The minimum atomic E-state index is -0.0613. The number of ether oxygens (including phenoxy) is 1. The molecule has 1 unspecified atom stereocenters. The monoisotopic (exact) mass is 292 g/mol. The second-order valence-electron chi connectivity index (χ2n) is 5.32. The molecule has 1 saturated heterocycles. The molecule has 1 aromatic carbocycles. The van der Waals surface area contributed by atoms with Crippen LogP contribution < -0.4 is 5.32 Å². The van der Waals surface area contributed by atoms with Gasteiger partial charge in [-0.15, -0.1) is 0 Å². The molecule has 1 atom stereocenters. The van der Waals surface area contributed by atoms with Gasteiger partial charge in [0.15, 0.2) is 0 Å². The molecular formula is C16H24N2O3. The summed E-state index contributed by atoms with van der Waals surface area (Å²) in [6.07, 6.45) is 1.90. The molecule has 5 heteroatoms.